The van der Waals surface area contributed by atoms with Gasteiger partial charge in [-0.3, -0.25) is 19.9 Å². The number of rotatable bonds is 6. The number of ether oxygens (including phenoxy) is 7. The molecule has 1 unspecified atom stereocenters. The molecule has 0 radical (unpaired) electrons. The number of aliphatic hydroxyl groups is 1. The Kier molecular flexibility index (Phi) is 10.9. The molecule has 66 heavy (non-hydrogen) atoms. The first-order chi connectivity index (χ1) is 31.0. The van der Waals surface area contributed by atoms with Gasteiger partial charge in [-0.15, -0.1) is 11.8 Å². The standard InChI is InChI=1S/C43H42F7N3O12S/c1-16-9-20-10-22-37(56)53-23-13-61-38(57)40(21-12-24(59-5)25(11-19(21)7-8-51-40)65-39(58)41(44,45)42(46,47)43(48,49)50)14-66-36(30(53)29(52(22)4)26(20)31(55)32(16)60-6)28-27(23)35-34(62-15-63-35)17(2)33(28)64-18(3)54/h9,11-12,22-23,29-30,36-37,51,55-56H,7-8,10,13-15H2,1-6H3/t22-,23+,29+,30?,36-,37+,40-/m1/s1. The number of nitrogens with one attached hydrogen (secondary N) is 1. The van der Waals surface area contributed by atoms with E-state index in [0.29, 0.717) is 34.2 Å². The van der Waals surface area contributed by atoms with E-state index in [-0.39, 0.29) is 65.4 Å². The van der Waals surface area contributed by atoms with Gasteiger partial charge in [0.1, 0.15) is 18.6 Å². The Hall–Kier alpha value is -5.23. The number of aromatic hydroxyl groups is 1. The molecule has 3 aromatic carbocycles. The summed E-state index contributed by atoms with van der Waals surface area (Å²) in [4.78, 5) is 44.1. The number of aryl methyl sites for hydroxylation is 1. The van der Waals surface area contributed by atoms with Crippen molar-refractivity contribution in [3.05, 3.63) is 62.7 Å². The zero-order valence-electron chi connectivity index (χ0n) is 35.9. The molecule has 7 aliphatic heterocycles. The molecule has 2 saturated heterocycles. The van der Waals surface area contributed by atoms with Gasteiger partial charge in [0.05, 0.1) is 37.6 Å². The molecular weight excluding hydrogens is 916 g/mol. The Morgan fingerprint density at radius 1 is 0.924 bits per heavy atom. The Balaban J connectivity index is 1.22. The summed E-state index contributed by atoms with van der Waals surface area (Å²) in [5.41, 5.74) is 1.61. The van der Waals surface area contributed by atoms with Crippen molar-refractivity contribution >= 4 is 29.7 Å². The van der Waals surface area contributed by atoms with E-state index in [1.165, 1.54) is 25.8 Å². The first-order valence-corrected chi connectivity index (χ1v) is 21.6. The number of likely N-dealkylation sites (N-methyl/N-ethyl adjacent to an activating group) is 1. The summed E-state index contributed by atoms with van der Waals surface area (Å²) in [6, 6.07) is 0.844. The molecule has 10 rings (SSSR count). The minimum atomic E-state index is -6.81. The van der Waals surface area contributed by atoms with Gasteiger partial charge >= 0.3 is 35.9 Å². The van der Waals surface area contributed by atoms with Crippen LogP contribution in [0.5, 0.6) is 40.2 Å². The SMILES string of the molecule is COc1cc2c(cc1OC(=O)C(F)(F)C(F)(F)C(F)(F)F)CCN[C@]21CS[C@@H]2c3c(OC(C)=O)c(C)c4c(c3[C@H](COC1=O)N1C2[C@@H]2c3c(cc(C)c(OC)c3O)C[C@H]([C@@H]1O)N2C)OCO4. The molecule has 1 spiro atoms. The highest BCUT2D eigenvalue weighted by Gasteiger charge is 2.77. The molecule has 7 aliphatic rings. The van der Waals surface area contributed by atoms with Crippen LogP contribution in [0.1, 0.15) is 68.8 Å². The van der Waals surface area contributed by atoms with Crippen molar-refractivity contribution in [2.45, 2.75) is 92.8 Å². The van der Waals surface area contributed by atoms with E-state index in [4.69, 9.17) is 28.4 Å². The van der Waals surface area contributed by atoms with Crippen molar-refractivity contribution in [3.63, 3.8) is 0 Å². The van der Waals surface area contributed by atoms with Crippen LogP contribution < -0.4 is 33.7 Å². The number of hydrogen-bond acceptors (Lipinski definition) is 16. The monoisotopic (exact) mass is 957 g/mol. The number of phenolic OH excluding ortho intramolecular Hbond substituents is 1. The van der Waals surface area contributed by atoms with Gasteiger partial charge in [-0.25, -0.2) is 9.59 Å². The molecular formula is C43H42F7N3O12S. The molecule has 356 valence electrons. The van der Waals surface area contributed by atoms with Crippen molar-refractivity contribution in [1.82, 2.24) is 15.1 Å². The van der Waals surface area contributed by atoms with Gasteiger partial charge in [0.2, 0.25) is 6.79 Å². The van der Waals surface area contributed by atoms with Gasteiger partial charge in [-0.05, 0) is 68.1 Å². The van der Waals surface area contributed by atoms with Gasteiger partial charge in [0.15, 0.2) is 40.0 Å². The number of aliphatic hydroxyl groups excluding tert-OH is 1. The summed E-state index contributed by atoms with van der Waals surface area (Å²) in [6.07, 6.45) is -7.74. The lowest BCUT2D eigenvalue weighted by molar-refractivity contribution is -0.346. The maximum absolute atomic E-state index is 14.9. The minimum absolute atomic E-state index is 0.000991. The molecule has 3 aromatic rings. The van der Waals surface area contributed by atoms with Crippen molar-refractivity contribution < 1.29 is 88.5 Å². The number of carbonyl (C=O) groups excluding carboxylic acids is 3. The number of carbonyl (C=O) groups is 3. The molecule has 0 amide bonds. The molecule has 3 N–H and O–H groups in total. The van der Waals surface area contributed by atoms with Crippen LogP contribution in [0.25, 0.3) is 0 Å². The second-order valence-electron chi connectivity index (χ2n) is 16.9. The van der Waals surface area contributed by atoms with Crippen molar-refractivity contribution in [3.8, 4) is 40.2 Å². The normalized spacial score (nSPS) is 27.0. The third-order valence-corrected chi connectivity index (χ3v) is 14.9. The van der Waals surface area contributed by atoms with Crippen LogP contribution in [0.3, 0.4) is 0 Å². The number of phenols is 1. The van der Waals surface area contributed by atoms with Crippen molar-refractivity contribution in [2.75, 3.05) is 47.0 Å². The molecule has 4 bridgehead atoms. The van der Waals surface area contributed by atoms with E-state index in [1.807, 2.05) is 22.9 Å². The van der Waals surface area contributed by atoms with E-state index >= 15 is 0 Å². The number of fused-ring (bicyclic) bond motifs is 9. The fraction of sp³-hybridized carbons (Fsp3) is 0.512. The van der Waals surface area contributed by atoms with Crippen LogP contribution in [0.4, 0.5) is 30.7 Å². The Morgan fingerprint density at radius 3 is 2.30 bits per heavy atom. The van der Waals surface area contributed by atoms with Gasteiger partial charge < -0.3 is 43.4 Å². The number of halogens is 7. The highest BCUT2D eigenvalue weighted by atomic mass is 32.2. The molecule has 0 aliphatic carbocycles. The summed E-state index contributed by atoms with van der Waals surface area (Å²) in [5, 5.41) is 27.0. The number of benzene rings is 3. The van der Waals surface area contributed by atoms with E-state index in [2.05, 4.69) is 10.1 Å². The number of nitrogens with zero attached hydrogens (tertiary/aromatic N) is 2. The van der Waals surface area contributed by atoms with Crippen LogP contribution in [0.2, 0.25) is 0 Å². The predicted molar refractivity (Wildman–Crippen MR) is 214 cm³/mol. The third kappa shape index (κ3) is 6.42. The first-order valence-electron chi connectivity index (χ1n) is 20.5. The van der Waals surface area contributed by atoms with Crippen LogP contribution in [-0.2, 0) is 37.5 Å². The summed E-state index contributed by atoms with van der Waals surface area (Å²) >= 11 is 1.17. The topological polar surface area (TPSA) is 175 Å². The van der Waals surface area contributed by atoms with Crippen molar-refractivity contribution in [1.29, 1.82) is 0 Å². The number of esters is 3. The summed E-state index contributed by atoms with van der Waals surface area (Å²) in [5.74, 6) is -18.8. The Morgan fingerprint density at radius 2 is 1.64 bits per heavy atom. The first kappa shape index (κ1) is 45.9. The zero-order chi connectivity index (χ0) is 47.7. The second kappa shape index (κ2) is 15.7. The maximum atomic E-state index is 14.9. The van der Waals surface area contributed by atoms with E-state index in [0.717, 1.165) is 24.8 Å². The summed E-state index contributed by atoms with van der Waals surface area (Å²) in [6.45, 7) is 4.00. The quantitative estimate of drug-likeness (QED) is 0.162. The fourth-order valence-corrected chi connectivity index (χ4v) is 12.2. The Bertz CT molecular complexity index is 2580. The van der Waals surface area contributed by atoms with Crippen LogP contribution in [0.15, 0.2) is 18.2 Å². The zero-order valence-corrected chi connectivity index (χ0v) is 36.7. The van der Waals surface area contributed by atoms with E-state index < -0.39 is 95.2 Å². The number of methoxy groups -OCH3 is 2. The number of hydrogen-bond donors (Lipinski definition) is 3. The van der Waals surface area contributed by atoms with Crippen LogP contribution in [-0.4, -0.2) is 121 Å². The molecule has 7 heterocycles. The van der Waals surface area contributed by atoms with Gasteiger partial charge in [0.25, 0.3) is 0 Å². The average molecular weight is 958 g/mol. The molecule has 7 atom stereocenters. The van der Waals surface area contributed by atoms with E-state index in [1.54, 1.807) is 13.8 Å². The maximum Gasteiger partial charge on any atom is 0.460 e. The van der Waals surface area contributed by atoms with Crippen molar-refractivity contribution in [2.24, 2.45) is 0 Å². The summed E-state index contributed by atoms with van der Waals surface area (Å²) in [7, 11) is 4.24. The lowest BCUT2D eigenvalue weighted by Crippen LogP contribution is -2.70. The second-order valence-corrected chi connectivity index (χ2v) is 18.1. The fourth-order valence-electron chi connectivity index (χ4n) is 10.5. The predicted octanol–water partition coefficient (Wildman–Crippen LogP) is 5.45. The Labute approximate surface area is 375 Å². The van der Waals surface area contributed by atoms with E-state index in [9.17, 15) is 55.3 Å². The average Bonchev–Trinajstić information content (AvgIpc) is 3.75. The molecule has 23 heteroatoms. The number of piperazine rings is 1. The number of alkyl halides is 7. The molecule has 0 aromatic heterocycles. The van der Waals surface area contributed by atoms with Gasteiger partial charge in [0, 0.05) is 47.5 Å². The lowest BCUT2D eigenvalue weighted by atomic mass is 9.73. The lowest BCUT2D eigenvalue weighted by Gasteiger charge is -2.62. The number of thioether (sulfide) groups is 1. The largest absolute Gasteiger partial charge is 0.504 e. The highest BCUT2D eigenvalue weighted by Crippen LogP contribution is 2.64. The van der Waals surface area contributed by atoms with Gasteiger partial charge in [-0.2, -0.15) is 30.7 Å². The summed E-state index contributed by atoms with van der Waals surface area (Å²) < 4.78 is 135. The minimum Gasteiger partial charge on any atom is -0.504 e. The molecule has 0 saturated carbocycles. The van der Waals surface area contributed by atoms with Crippen LogP contribution >= 0.6 is 11.8 Å². The highest BCUT2D eigenvalue weighted by molar-refractivity contribution is 7.99. The third-order valence-electron chi connectivity index (χ3n) is 13.5. The van der Waals surface area contributed by atoms with Gasteiger partial charge in [-0.1, -0.05) is 6.07 Å². The molecule has 15 nitrogen and oxygen atoms in total. The molecule has 2 fully saturated rings. The smallest absolute Gasteiger partial charge is 0.460 e. The van der Waals surface area contributed by atoms with Crippen LogP contribution in [0, 0.1) is 13.8 Å².